The molecule has 3 rings (SSSR count). The van der Waals surface area contributed by atoms with E-state index >= 15 is 0 Å². The van der Waals surface area contributed by atoms with Crippen molar-refractivity contribution in [2.75, 3.05) is 24.6 Å². The van der Waals surface area contributed by atoms with Crippen LogP contribution in [0.1, 0.15) is 24.1 Å². The van der Waals surface area contributed by atoms with Crippen LogP contribution in [0, 0.1) is 0 Å². The zero-order valence-corrected chi connectivity index (χ0v) is 10.7. The van der Waals surface area contributed by atoms with Gasteiger partial charge >= 0.3 is 5.97 Å². The summed E-state index contributed by atoms with van der Waals surface area (Å²) in [5.74, 6) is -0.00752. The molecule has 1 aromatic heterocycles. The third-order valence-electron chi connectivity index (χ3n) is 3.74. The lowest BCUT2D eigenvalue weighted by Gasteiger charge is -2.33. The lowest BCUT2D eigenvalue weighted by Crippen LogP contribution is -2.47. The summed E-state index contributed by atoms with van der Waals surface area (Å²) < 4.78 is 5.25. The lowest BCUT2D eigenvalue weighted by molar-refractivity contribution is -0.150. The first-order chi connectivity index (χ1) is 9.25. The number of ether oxygens (including phenoxy) is 1. The Kier molecular flexibility index (Phi) is 3.33. The van der Waals surface area contributed by atoms with E-state index in [2.05, 4.69) is 9.97 Å². The van der Waals surface area contributed by atoms with E-state index in [1.54, 1.807) is 6.33 Å². The van der Waals surface area contributed by atoms with Crippen molar-refractivity contribution in [3.05, 3.63) is 17.6 Å². The molecule has 0 bridgehead atoms. The number of rotatable bonds is 2. The molecular weight excluding hydrogens is 246 g/mol. The molecule has 1 unspecified atom stereocenters. The maximum Gasteiger partial charge on any atom is 0.334 e. The second kappa shape index (κ2) is 5.13. The summed E-state index contributed by atoms with van der Waals surface area (Å²) in [6.45, 7) is 1.47. The van der Waals surface area contributed by atoms with Crippen LogP contribution >= 0.6 is 0 Å². The average Bonchev–Trinajstić information content (AvgIpc) is 2.47. The predicted molar refractivity (Wildman–Crippen MR) is 68.3 cm³/mol. The van der Waals surface area contributed by atoms with Gasteiger partial charge in [-0.25, -0.2) is 14.8 Å². The first kappa shape index (κ1) is 12.3. The normalized spacial score (nSPS) is 22.9. The maximum absolute atomic E-state index is 11.0. The maximum atomic E-state index is 11.0. The van der Waals surface area contributed by atoms with Crippen LogP contribution in [0.15, 0.2) is 6.33 Å². The largest absolute Gasteiger partial charge is 0.479 e. The van der Waals surface area contributed by atoms with Gasteiger partial charge in [-0.1, -0.05) is 0 Å². The van der Waals surface area contributed by atoms with Gasteiger partial charge in [-0.15, -0.1) is 0 Å². The SMILES string of the molecule is O=C(O)C1CN(c2ncnc3c2CCCC3)CCO1. The quantitative estimate of drug-likeness (QED) is 0.844. The van der Waals surface area contributed by atoms with Crippen LogP contribution in [0.2, 0.25) is 0 Å². The van der Waals surface area contributed by atoms with Gasteiger partial charge in [0, 0.05) is 17.8 Å². The van der Waals surface area contributed by atoms with E-state index in [0.717, 1.165) is 30.8 Å². The molecule has 1 aliphatic heterocycles. The standard InChI is InChI=1S/C13H17N3O3/c17-13(18)11-7-16(5-6-19-11)12-9-3-1-2-4-10(9)14-8-15-12/h8,11H,1-7H2,(H,17,18). The average molecular weight is 263 g/mol. The van der Waals surface area contributed by atoms with Crippen LogP contribution in [0.4, 0.5) is 5.82 Å². The van der Waals surface area contributed by atoms with Gasteiger partial charge in [0.05, 0.1) is 13.2 Å². The van der Waals surface area contributed by atoms with Gasteiger partial charge in [-0.3, -0.25) is 0 Å². The number of aryl methyl sites for hydroxylation is 1. The number of carbonyl (C=O) groups is 1. The zero-order valence-electron chi connectivity index (χ0n) is 10.7. The zero-order chi connectivity index (χ0) is 13.2. The van der Waals surface area contributed by atoms with Crippen LogP contribution in [-0.4, -0.2) is 46.8 Å². The Morgan fingerprint density at radius 2 is 2.21 bits per heavy atom. The van der Waals surface area contributed by atoms with Crippen molar-refractivity contribution in [1.82, 2.24) is 9.97 Å². The molecule has 0 spiro atoms. The monoisotopic (exact) mass is 263 g/mol. The first-order valence-corrected chi connectivity index (χ1v) is 6.68. The molecule has 102 valence electrons. The molecule has 1 fully saturated rings. The topological polar surface area (TPSA) is 75.5 Å². The molecule has 0 radical (unpaired) electrons. The summed E-state index contributed by atoms with van der Waals surface area (Å²) in [6.07, 6.45) is 5.13. The molecule has 6 heteroatoms. The Bertz CT molecular complexity index is 492. The van der Waals surface area contributed by atoms with Gasteiger partial charge in [0.15, 0.2) is 6.10 Å². The molecule has 0 amide bonds. The van der Waals surface area contributed by atoms with E-state index in [-0.39, 0.29) is 0 Å². The molecule has 19 heavy (non-hydrogen) atoms. The fourth-order valence-corrected chi connectivity index (χ4v) is 2.77. The van der Waals surface area contributed by atoms with Crippen LogP contribution < -0.4 is 4.90 Å². The third kappa shape index (κ3) is 2.40. The van der Waals surface area contributed by atoms with Gasteiger partial charge in [0.1, 0.15) is 12.1 Å². The van der Waals surface area contributed by atoms with Gasteiger partial charge in [-0.05, 0) is 25.7 Å². The van der Waals surface area contributed by atoms with Crippen molar-refractivity contribution >= 4 is 11.8 Å². The number of hydrogen-bond donors (Lipinski definition) is 1. The molecule has 1 aromatic rings. The molecule has 0 saturated carbocycles. The fraction of sp³-hybridized carbons (Fsp3) is 0.615. The van der Waals surface area contributed by atoms with Crippen molar-refractivity contribution in [3.63, 3.8) is 0 Å². The Labute approximate surface area is 111 Å². The lowest BCUT2D eigenvalue weighted by atomic mass is 9.96. The highest BCUT2D eigenvalue weighted by atomic mass is 16.5. The summed E-state index contributed by atoms with van der Waals surface area (Å²) in [5, 5.41) is 9.06. The van der Waals surface area contributed by atoms with Crippen LogP contribution in [0.3, 0.4) is 0 Å². The summed E-state index contributed by atoms with van der Waals surface area (Å²) in [5.41, 5.74) is 2.31. The number of aliphatic carboxylic acids is 1. The number of carboxylic acid groups (broad SMARTS) is 1. The molecule has 1 atom stereocenters. The second-order valence-electron chi connectivity index (χ2n) is 4.97. The summed E-state index contributed by atoms with van der Waals surface area (Å²) >= 11 is 0. The van der Waals surface area contributed by atoms with Crippen LogP contribution in [0.25, 0.3) is 0 Å². The molecular formula is C13H17N3O3. The summed E-state index contributed by atoms with van der Waals surface area (Å²) in [6, 6.07) is 0. The number of nitrogens with zero attached hydrogens (tertiary/aromatic N) is 3. The molecule has 1 N–H and O–H groups in total. The number of fused-ring (bicyclic) bond motifs is 1. The van der Waals surface area contributed by atoms with E-state index in [1.165, 1.54) is 12.0 Å². The minimum atomic E-state index is -0.910. The highest BCUT2D eigenvalue weighted by molar-refractivity contribution is 5.73. The summed E-state index contributed by atoms with van der Waals surface area (Å²) in [7, 11) is 0. The minimum absolute atomic E-state index is 0.360. The van der Waals surface area contributed by atoms with E-state index in [9.17, 15) is 4.79 Å². The number of hydrogen-bond acceptors (Lipinski definition) is 5. The van der Waals surface area contributed by atoms with Gasteiger partial charge in [-0.2, -0.15) is 0 Å². The fourth-order valence-electron chi connectivity index (χ4n) is 2.77. The second-order valence-corrected chi connectivity index (χ2v) is 4.97. The number of anilines is 1. The van der Waals surface area contributed by atoms with E-state index in [1.807, 2.05) is 4.90 Å². The molecule has 1 aliphatic carbocycles. The van der Waals surface area contributed by atoms with Crippen LogP contribution in [0.5, 0.6) is 0 Å². The van der Waals surface area contributed by atoms with Crippen molar-refractivity contribution in [2.45, 2.75) is 31.8 Å². The van der Waals surface area contributed by atoms with Crippen molar-refractivity contribution < 1.29 is 14.6 Å². The number of aromatic nitrogens is 2. The number of morpholine rings is 1. The molecule has 2 heterocycles. The third-order valence-corrected chi connectivity index (χ3v) is 3.74. The van der Waals surface area contributed by atoms with Crippen molar-refractivity contribution in [3.8, 4) is 0 Å². The molecule has 1 saturated heterocycles. The van der Waals surface area contributed by atoms with Gasteiger partial charge in [0.25, 0.3) is 0 Å². The Hall–Kier alpha value is -1.69. The van der Waals surface area contributed by atoms with Crippen LogP contribution in [-0.2, 0) is 22.4 Å². The first-order valence-electron chi connectivity index (χ1n) is 6.68. The van der Waals surface area contributed by atoms with E-state index in [4.69, 9.17) is 9.84 Å². The van der Waals surface area contributed by atoms with Gasteiger partial charge in [0.2, 0.25) is 0 Å². The Morgan fingerprint density at radius 1 is 1.37 bits per heavy atom. The molecule has 2 aliphatic rings. The Morgan fingerprint density at radius 3 is 3.05 bits per heavy atom. The molecule has 0 aromatic carbocycles. The highest BCUT2D eigenvalue weighted by Crippen LogP contribution is 2.28. The summed E-state index contributed by atoms with van der Waals surface area (Å²) in [4.78, 5) is 21.8. The van der Waals surface area contributed by atoms with E-state index < -0.39 is 12.1 Å². The molecule has 6 nitrogen and oxygen atoms in total. The van der Waals surface area contributed by atoms with Gasteiger partial charge < -0.3 is 14.7 Å². The van der Waals surface area contributed by atoms with Crippen molar-refractivity contribution in [1.29, 1.82) is 0 Å². The predicted octanol–water partition coefficient (Wildman–Crippen LogP) is 0.645. The number of carboxylic acids is 1. The minimum Gasteiger partial charge on any atom is -0.479 e. The smallest absolute Gasteiger partial charge is 0.334 e. The Balaban J connectivity index is 1.87. The highest BCUT2D eigenvalue weighted by Gasteiger charge is 2.29. The van der Waals surface area contributed by atoms with E-state index in [0.29, 0.717) is 19.7 Å². The van der Waals surface area contributed by atoms with Crippen molar-refractivity contribution in [2.24, 2.45) is 0 Å².